The summed E-state index contributed by atoms with van der Waals surface area (Å²) in [6.07, 6.45) is 6.07. The van der Waals surface area contributed by atoms with Crippen LogP contribution in [0.5, 0.6) is 0 Å². The number of rotatable bonds is 8. The van der Waals surface area contributed by atoms with Gasteiger partial charge in [0.25, 0.3) is 0 Å². The van der Waals surface area contributed by atoms with E-state index in [1.165, 1.54) is 25.7 Å². The molecule has 3 nitrogen and oxygen atoms in total. The van der Waals surface area contributed by atoms with E-state index >= 15 is 0 Å². The largest absolute Gasteiger partial charge is 0.459 e. The summed E-state index contributed by atoms with van der Waals surface area (Å²) in [7, 11) is 3.91. The molecular formula is C16H33NO2. The van der Waals surface area contributed by atoms with E-state index in [0.29, 0.717) is 5.92 Å². The van der Waals surface area contributed by atoms with E-state index in [1.54, 1.807) is 0 Å². The second-order valence-corrected chi connectivity index (χ2v) is 6.77. The third-order valence-corrected chi connectivity index (χ3v) is 3.26. The second-order valence-electron chi connectivity index (χ2n) is 6.77. The lowest BCUT2D eigenvalue weighted by atomic mass is 9.94. The summed E-state index contributed by atoms with van der Waals surface area (Å²) in [4.78, 5) is 14.3. The normalized spacial score (nSPS) is 15.4. The number of unbranched alkanes of at least 4 members (excludes halogenated alkanes) is 3. The lowest BCUT2D eigenvalue weighted by Crippen LogP contribution is -2.44. The van der Waals surface area contributed by atoms with Crippen molar-refractivity contribution in [3.8, 4) is 0 Å². The van der Waals surface area contributed by atoms with Crippen molar-refractivity contribution in [2.24, 2.45) is 5.92 Å². The van der Waals surface area contributed by atoms with Crippen molar-refractivity contribution in [3.05, 3.63) is 0 Å². The highest BCUT2D eigenvalue weighted by Gasteiger charge is 2.31. The van der Waals surface area contributed by atoms with Crippen LogP contribution in [0.2, 0.25) is 0 Å². The second kappa shape index (κ2) is 8.57. The highest BCUT2D eigenvalue weighted by molar-refractivity contribution is 5.76. The molecule has 0 aromatic carbocycles. The molecule has 1 unspecified atom stereocenters. The molecule has 0 amide bonds. The number of likely N-dealkylation sites (N-methyl/N-ethyl adjacent to an activating group) is 1. The van der Waals surface area contributed by atoms with Crippen LogP contribution in [-0.4, -0.2) is 36.6 Å². The molecule has 0 aliphatic rings. The Labute approximate surface area is 119 Å². The van der Waals surface area contributed by atoms with Crippen LogP contribution < -0.4 is 0 Å². The maximum absolute atomic E-state index is 12.3. The molecule has 0 aliphatic heterocycles. The highest BCUT2D eigenvalue weighted by atomic mass is 16.6. The highest BCUT2D eigenvalue weighted by Crippen LogP contribution is 2.20. The maximum atomic E-state index is 12.3. The zero-order valence-electron chi connectivity index (χ0n) is 14.0. The van der Waals surface area contributed by atoms with Gasteiger partial charge < -0.3 is 4.74 Å². The van der Waals surface area contributed by atoms with Gasteiger partial charge in [0.15, 0.2) is 0 Å². The molecule has 19 heavy (non-hydrogen) atoms. The molecule has 0 fully saturated rings. The molecule has 0 aromatic heterocycles. The summed E-state index contributed by atoms with van der Waals surface area (Å²) in [6, 6.07) is -0.138. The number of hydrogen-bond acceptors (Lipinski definition) is 3. The topological polar surface area (TPSA) is 29.5 Å². The first-order chi connectivity index (χ1) is 8.69. The Balaban J connectivity index is 4.42. The van der Waals surface area contributed by atoms with Gasteiger partial charge in [-0.25, -0.2) is 0 Å². The predicted molar refractivity (Wildman–Crippen MR) is 81.2 cm³/mol. The van der Waals surface area contributed by atoms with Crippen molar-refractivity contribution in [1.82, 2.24) is 4.90 Å². The van der Waals surface area contributed by atoms with Crippen LogP contribution in [-0.2, 0) is 9.53 Å². The molecule has 0 rings (SSSR count). The van der Waals surface area contributed by atoms with E-state index in [0.717, 1.165) is 6.42 Å². The van der Waals surface area contributed by atoms with Crippen LogP contribution >= 0.6 is 0 Å². The molecule has 3 heteroatoms. The molecule has 0 saturated heterocycles. The number of nitrogens with zero attached hydrogens (tertiary/aromatic N) is 1. The van der Waals surface area contributed by atoms with E-state index in [4.69, 9.17) is 4.74 Å². The average Bonchev–Trinajstić information content (AvgIpc) is 2.21. The number of hydrogen-bond donors (Lipinski definition) is 0. The molecule has 0 saturated carbocycles. The van der Waals surface area contributed by atoms with E-state index in [1.807, 2.05) is 39.8 Å². The molecule has 0 radical (unpaired) electrons. The molecule has 0 aromatic rings. The minimum Gasteiger partial charge on any atom is -0.459 e. The van der Waals surface area contributed by atoms with Gasteiger partial charge in [-0.1, -0.05) is 39.5 Å². The number of carbonyl (C=O) groups excluding carboxylic acids is 1. The van der Waals surface area contributed by atoms with Crippen LogP contribution in [0.3, 0.4) is 0 Å². The Bertz CT molecular complexity index is 256. The molecule has 0 N–H and O–H groups in total. The third kappa shape index (κ3) is 8.25. The van der Waals surface area contributed by atoms with Gasteiger partial charge in [0.1, 0.15) is 11.6 Å². The zero-order valence-corrected chi connectivity index (χ0v) is 14.0. The first-order valence-corrected chi connectivity index (χ1v) is 7.58. The van der Waals surface area contributed by atoms with Crippen molar-refractivity contribution in [2.75, 3.05) is 14.1 Å². The first kappa shape index (κ1) is 18.4. The van der Waals surface area contributed by atoms with Crippen molar-refractivity contribution in [1.29, 1.82) is 0 Å². The fourth-order valence-corrected chi connectivity index (χ4v) is 2.37. The van der Waals surface area contributed by atoms with Gasteiger partial charge in [-0.3, -0.25) is 9.69 Å². The van der Waals surface area contributed by atoms with E-state index in [-0.39, 0.29) is 12.0 Å². The van der Waals surface area contributed by atoms with Crippen LogP contribution in [0.1, 0.15) is 66.7 Å². The fraction of sp³-hybridized carbons (Fsp3) is 0.938. The van der Waals surface area contributed by atoms with E-state index < -0.39 is 5.60 Å². The van der Waals surface area contributed by atoms with Crippen molar-refractivity contribution < 1.29 is 9.53 Å². The number of esters is 1. The summed E-state index contributed by atoms with van der Waals surface area (Å²) in [5.74, 6) is 0.238. The molecular weight excluding hydrogens is 238 g/mol. The quantitative estimate of drug-likeness (QED) is 0.496. The Hall–Kier alpha value is -0.570. The van der Waals surface area contributed by atoms with Crippen molar-refractivity contribution in [3.63, 3.8) is 0 Å². The summed E-state index contributed by atoms with van der Waals surface area (Å²) >= 11 is 0. The number of carbonyl (C=O) groups is 1. The SMILES string of the molecule is CCCCCC[C@H](C)C(C(=O)OC(C)(C)C)N(C)C. The lowest BCUT2D eigenvalue weighted by Gasteiger charge is -2.31. The van der Waals surface area contributed by atoms with Crippen LogP contribution in [0, 0.1) is 5.92 Å². The van der Waals surface area contributed by atoms with Crippen LogP contribution in [0.15, 0.2) is 0 Å². The molecule has 2 atom stereocenters. The molecule has 114 valence electrons. The fourth-order valence-electron chi connectivity index (χ4n) is 2.37. The van der Waals surface area contributed by atoms with Gasteiger partial charge in [0.2, 0.25) is 0 Å². The van der Waals surface area contributed by atoms with Crippen molar-refractivity contribution in [2.45, 2.75) is 78.4 Å². The predicted octanol–water partition coefficient (Wildman–Crippen LogP) is 3.86. The molecule has 0 aliphatic carbocycles. The van der Waals surface area contributed by atoms with Gasteiger partial charge in [-0.2, -0.15) is 0 Å². The van der Waals surface area contributed by atoms with Gasteiger partial charge in [-0.15, -0.1) is 0 Å². The first-order valence-electron chi connectivity index (χ1n) is 7.58. The van der Waals surface area contributed by atoms with Gasteiger partial charge >= 0.3 is 5.97 Å². The molecule has 0 heterocycles. The summed E-state index contributed by atoms with van der Waals surface area (Å²) < 4.78 is 5.53. The maximum Gasteiger partial charge on any atom is 0.324 e. The summed E-state index contributed by atoms with van der Waals surface area (Å²) in [5.41, 5.74) is -0.409. The van der Waals surface area contributed by atoms with Gasteiger partial charge in [-0.05, 0) is 47.2 Å². The Morgan fingerprint density at radius 3 is 2.16 bits per heavy atom. The zero-order chi connectivity index (χ0) is 15.1. The lowest BCUT2D eigenvalue weighted by molar-refractivity contribution is -0.162. The molecule has 0 spiro atoms. The Morgan fingerprint density at radius 2 is 1.74 bits per heavy atom. The van der Waals surface area contributed by atoms with E-state index in [2.05, 4.69) is 13.8 Å². The standard InChI is InChI=1S/C16H33NO2/c1-8-9-10-11-12-13(2)14(17(6)7)15(18)19-16(3,4)5/h13-14H,8-12H2,1-7H3/t13-,14?/m0/s1. The minimum absolute atomic E-state index is 0.0968. The Kier molecular flexibility index (Phi) is 8.31. The summed E-state index contributed by atoms with van der Waals surface area (Å²) in [6.45, 7) is 10.1. The van der Waals surface area contributed by atoms with Crippen LogP contribution in [0.4, 0.5) is 0 Å². The summed E-state index contributed by atoms with van der Waals surface area (Å²) in [5, 5.41) is 0. The van der Waals surface area contributed by atoms with E-state index in [9.17, 15) is 4.79 Å². The minimum atomic E-state index is -0.409. The number of ether oxygens (including phenoxy) is 1. The average molecular weight is 271 g/mol. The van der Waals surface area contributed by atoms with Crippen LogP contribution in [0.25, 0.3) is 0 Å². The molecule has 0 bridgehead atoms. The monoisotopic (exact) mass is 271 g/mol. The van der Waals surface area contributed by atoms with Crippen molar-refractivity contribution >= 4 is 5.97 Å². The Morgan fingerprint density at radius 1 is 1.16 bits per heavy atom. The van der Waals surface area contributed by atoms with Gasteiger partial charge in [0, 0.05) is 0 Å². The third-order valence-electron chi connectivity index (χ3n) is 3.26. The smallest absolute Gasteiger partial charge is 0.324 e. The van der Waals surface area contributed by atoms with Gasteiger partial charge in [0.05, 0.1) is 0 Å².